The van der Waals surface area contributed by atoms with Gasteiger partial charge in [0.25, 0.3) is 5.91 Å². The Kier molecular flexibility index (Phi) is 7.16. The standard InChI is InChI=1S/C18H17F4N3O2S/c1-2-11-6-8-13(9-7-11)23-17(28)25-24-15(26)12-4-3-5-14(10-12)27-18(21,22)16(19)20/h3-10,16H,2H2,1H3,(H,24,26)(H2,23,25,28). The number of carbonyl (C=O) groups is 1. The lowest BCUT2D eigenvalue weighted by atomic mass is 10.1. The van der Waals surface area contributed by atoms with Crippen molar-refractivity contribution in [1.29, 1.82) is 0 Å². The van der Waals surface area contributed by atoms with E-state index in [9.17, 15) is 22.4 Å². The van der Waals surface area contributed by atoms with Crippen molar-refractivity contribution in [2.24, 2.45) is 0 Å². The maximum absolute atomic E-state index is 13.0. The maximum Gasteiger partial charge on any atom is 0.461 e. The first-order valence-corrected chi connectivity index (χ1v) is 8.53. The van der Waals surface area contributed by atoms with Gasteiger partial charge in [-0.3, -0.25) is 15.6 Å². The van der Waals surface area contributed by atoms with Gasteiger partial charge >= 0.3 is 12.5 Å². The zero-order valence-electron chi connectivity index (χ0n) is 14.6. The minimum absolute atomic E-state index is 0.0919. The molecule has 0 aliphatic rings. The average molecular weight is 415 g/mol. The Labute approximate surface area is 164 Å². The number of rotatable bonds is 6. The van der Waals surface area contributed by atoms with Gasteiger partial charge in [-0.05, 0) is 54.5 Å². The first kappa shape index (κ1) is 21.4. The number of hydrogen-bond acceptors (Lipinski definition) is 3. The Morgan fingerprint density at radius 3 is 2.43 bits per heavy atom. The fourth-order valence-electron chi connectivity index (χ4n) is 2.07. The monoisotopic (exact) mass is 415 g/mol. The Hall–Kier alpha value is -2.88. The van der Waals surface area contributed by atoms with E-state index in [-0.39, 0.29) is 10.7 Å². The van der Waals surface area contributed by atoms with Gasteiger partial charge in [-0.25, -0.2) is 0 Å². The highest BCUT2D eigenvalue weighted by Crippen LogP contribution is 2.27. The zero-order chi connectivity index (χ0) is 20.7. The number of aryl methyl sites for hydroxylation is 1. The molecule has 0 saturated heterocycles. The van der Waals surface area contributed by atoms with Gasteiger partial charge in [-0.2, -0.15) is 17.6 Å². The van der Waals surface area contributed by atoms with Crippen LogP contribution in [-0.4, -0.2) is 23.6 Å². The number of halogens is 4. The summed E-state index contributed by atoms with van der Waals surface area (Å²) in [6, 6.07) is 11.9. The fourth-order valence-corrected chi connectivity index (χ4v) is 2.24. The van der Waals surface area contributed by atoms with Crippen molar-refractivity contribution in [2.45, 2.75) is 25.9 Å². The number of thiocarbonyl (C=S) groups is 1. The van der Waals surface area contributed by atoms with Gasteiger partial charge in [0.15, 0.2) is 5.11 Å². The molecule has 0 aromatic heterocycles. The number of anilines is 1. The van der Waals surface area contributed by atoms with Crippen molar-refractivity contribution in [1.82, 2.24) is 10.9 Å². The maximum atomic E-state index is 13.0. The van der Waals surface area contributed by atoms with Crippen LogP contribution in [0.25, 0.3) is 0 Å². The van der Waals surface area contributed by atoms with Gasteiger partial charge in [0.05, 0.1) is 0 Å². The molecule has 10 heteroatoms. The molecule has 1 amide bonds. The van der Waals surface area contributed by atoms with Gasteiger partial charge in [-0.1, -0.05) is 25.1 Å². The number of amides is 1. The molecule has 0 aliphatic carbocycles. The molecule has 0 spiro atoms. The second kappa shape index (κ2) is 9.36. The number of hydrazine groups is 1. The van der Waals surface area contributed by atoms with E-state index in [1.807, 2.05) is 31.2 Å². The Bertz CT molecular complexity index is 832. The second-order valence-electron chi connectivity index (χ2n) is 5.58. The first-order chi connectivity index (χ1) is 13.2. The number of hydrogen-bond donors (Lipinski definition) is 3. The molecule has 0 bridgehead atoms. The third-order valence-corrected chi connectivity index (χ3v) is 3.72. The molecule has 2 rings (SSSR count). The van der Waals surface area contributed by atoms with Crippen LogP contribution in [0.4, 0.5) is 23.2 Å². The molecule has 150 valence electrons. The summed E-state index contributed by atoms with van der Waals surface area (Å²) in [6.07, 6.45) is -7.77. The number of nitrogens with one attached hydrogen (secondary N) is 3. The smallest absolute Gasteiger partial charge is 0.428 e. The molecule has 5 nitrogen and oxygen atoms in total. The van der Waals surface area contributed by atoms with Crippen LogP contribution in [0.5, 0.6) is 5.75 Å². The number of benzene rings is 2. The first-order valence-electron chi connectivity index (χ1n) is 8.12. The van der Waals surface area contributed by atoms with Crippen molar-refractivity contribution in [3.63, 3.8) is 0 Å². The van der Waals surface area contributed by atoms with Crippen molar-refractivity contribution >= 4 is 28.9 Å². The lowest BCUT2D eigenvalue weighted by Crippen LogP contribution is -2.43. The topological polar surface area (TPSA) is 62.4 Å². The van der Waals surface area contributed by atoms with Crippen molar-refractivity contribution in [3.05, 3.63) is 59.7 Å². The molecule has 0 unspecified atom stereocenters. The van der Waals surface area contributed by atoms with E-state index in [0.29, 0.717) is 5.69 Å². The van der Waals surface area contributed by atoms with Crippen LogP contribution >= 0.6 is 12.2 Å². The molecular weight excluding hydrogens is 398 g/mol. The largest absolute Gasteiger partial charge is 0.461 e. The van der Waals surface area contributed by atoms with Crippen LogP contribution in [0, 0.1) is 0 Å². The minimum Gasteiger partial charge on any atom is -0.428 e. The highest BCUT2D eigenvalue weighted by atomic mass is 32.1. The SMILES string of the molecule is CCc1ccc(NC(=S)NNC(=O)c2cccc(OC(F)(F)C(F)F)c2)cc1. The lowest BCUT2D eigenvalue weighted by Gasteiger charge is -2.17. The van der Waals surface area contributed by atoms with Gasteiger partial charge in [-0.15, -0.1) is 0 Å². The fraction of sp³-hybridized carbons (Fsp3) is 0.222. The summed E-state index contributed by atoms with van der Waals surface area (Å²) < 4.78 is 54.3. The molecule has 0 aliphatic heterocycles. The molecule has 0 saturated carbocycles. The second-order valence-corrected chi connectivity index (χ2v) is 5.98. The third-order valence-electron chi connectivity index (χ3n) is 3.51. The summed E-state index contributed by atoms with van der Waals surface area (Å²) in [6.45, 7) is 2.03. The quantitative estimate of drug-likeness (QED) is 0.377. The van der Waals surface area contributed by atoms with E-state index in [4.69, 9.17) is 12.2 Å². The number of alkyl halides is 4. The van der Waals surface area contributed by atoms with Crippen LogP contribution in [0.2, 0.25) is 0 Å². The Morgan fingerprint density at radius 2 is 1.82 bits per heavy atom. The van der Waals surface area contributed by atoms with E-state index < -0.39 is 24.2 Å². The summed E-state index contributed by atoms with van der Waals surface area (Å²) in [5.41, 5.74) is 6.49. The van der Waals surface area contributed by atoms with Crippen LogP contribution in [0.15, 0.2) is 48.5 Å². The molecule has 0 radical (unpaired) electrons. The van der Waals surface area contributed by atoms with E-state index >= 15 is 0 Å². The highest BCUT2D eigenvalue weighted by Gasteiger charge is 2.44. The average Bonchev–Trinajstić information content (AvgIpc) is 2.66. The third kappa shape index (κ3) is 6.08. The lowest BCUT2D eigenvalue weighted by molar-refractivity contribution is -0.253. The van der Waals surface area contributed by atoms with Crippen LogP contribution in [0.1, 0.15) is 22.8 Å². The molecule has 0 atom stereocenters. The summed E-state index contributed by atoms with van der Waals surface area (Å²) in [7, 11) is 0. The van der Waals surface area contributed by atoms with Crippen LogP contribution in [-0.2, 0) is 6.42 Å². The van der Waals surface area contributed by atoms with E-state index in [1.165, 1.54) is 12.1 Å². The van der Waals surface area contributed by atoms with Gasteiger partial charge in [0.1, 0.15) is 5.75 Å². The van der Waals surface area contributed by atoms with E-state index in [0.717, 1.165) is 24.1 Å². The summed E-state index contributed by atoms with van der Waals surface area (Å²) in [5, 5.41) is 2.95. The summed E-state index contributed by atoms with van der Waals surface area (Å²) in [4.78, 5) is 12.1. The molecular formula is C18H17F4N3O2S. The van der Waals surface area contributed by atoms with Crippen LogP contribution in [0.3, 0.4) is 0 Å². The summed E-state index contributed by atoms with van der Waals surface area (Å²) >= 11 is 5.05. The molecule has 2 aromatic carbocycles. The molecule has 3 N–H and O–H groups in total. The predicted octanol–water partition coefficient (Wildman–Crippen LogP) is 4.12. The molecule has 2 aromatic rings. The predicted molar refractivity (Wildman–Crippen MR) is 101 cm³/mol. The Balaban J connectivity index is 1.91. The van der Waals surface area contributed by atoms with E-state index in [2.05, 4.69) is 20.9 Å². The van der Waals surface area contributed by atoms with E-state index in [1.54, 1.807) is 0 Å². The normalized spacial score (nSPS) is 11.1. The van der Waals surface area contributed by atoms with Gasteiger partial charge in [0, 0.05) is 11.3 Å². The van der Waals surface area contributed by atoms with Crippen LogP contribution < -0.4 is 20.9 Å². The minimum atomic E-state index is -4.66. The van der Waals surface area contributed by atoms with Crippen molar-refractivity contribution in [2.75, 3.05) is 5.32 Å². The summed E-state index contributed by atoms with van der Waals surface area (Å²) in [5.74, 6) is -1.30. The number of carbonyl (C=O) groups excluding carboxylic acids is 1. The molecule has 0 fully saturated rings. The van der Waals surface area contributed by atoms with Gasteiger partial charge < -0.3 is 10.1 Å². The van der Waals surface area contributed by atoms with Crippen molar-refractivity contribution < 1.29 is 27.1 Å². The van der Waals surface area contributed by atoms with Gasteiger partial charge in [0.2, 0.25) is 0 Å². The zero-order valence-corrected chi connectivity index (χ0v) is 15.5. The molecule has 28 heavy (non-hydrogen) atoms. The molecule has 0 heterocycles. The Morgan fingerprint density at radius 1 is 1.14 bits per heavy atom. The van der Waals surface area contributed by atoms with Crippen molar-refractivity contribution in [3.8, 4) is 5.75 Å². The highest BCUT2D eigenvalue weighted by molar-refractivity contribution is 7.80. The number of ether oxygens (including phenoxy) is 1.